The van der Waals surface area contributed by atoms with Crippen LogP contribution in [0.1, 0.15) is 31.2 Å². The Hall–Kier alpha value is -2.93. The van der Waals surface area contributed by atoms with Crippen LogP contribution in [0.2, 0.25) is 0 Å². The summed E-state index contributed by atoms with van der Waals surface area (Å²) < 4.78 is 10.9. The van der Waals surface area contributed by atoms with Crippen LogP contribution in [0.5, 0.6) is 17.2 Å². The van der Waals surface area contributed by atoms with Crippen molar-refractivity contribution in [3.63, 3.8) is 0 Å². The molecule has 3 aliphatic rings. The largest absolute Gasteiger partial charge is 0.508 e. The Morgan fingerprint density at radius 1 is 1.00 bits per heavy atom. The van der Waals surface area contributed by atoms with E-state index in [4.69, 9.17) is 14.5 Å². The first-order valence-corrected chi connectivity index (χ1v) is 11.2. The molecule has 0 spiro atoms. The number of ether oxygens (including phenoxy) is 2. The number of phenols is 1. The third-order valence-electron chi connectivity index (χ3n) is 6.25. The van der Waals surface area contributed by atoms with E-state index in [1.54, 1.807) is 12.1 Å². The maximum absolute atomic E-state index is 9.84. The van der Waals surface area contributed by atoms with Crippen LogP contribution in [0, 0.1) is 0 Å². The highest BCUT2D eigenvalue weighted by atomic mass is 16.7. The van der Waals surface area contributed by atoms with E-state index in [0.29, 0.717) is 12.8 Å². The number of benzene rings is 2. The molecule has 0 radical (unpaired) electrons. The smallest absolute Gasteiger partial charge is 0.231 e. The molecule has 5 rings (SSSR count). The molecule has 0 amide bonds. The number of guanidine groups is 1. The predicted molar refractivity (Wildman–Crippen MR) is 121 cm³/mol. The van der Waals surface area contributed by atoms with E-state index < -0.39 is 0 Å². The van der Waals surface area contributed by atoms with Crippen molar-refractivity contribution in [3.8, 4) is 17.2 Å². The van der Waals surface area contributed by atoms with Crippen molar-refractivity contribution in [1.82, 2.24) is 9.80 Å². The lowest BCUT2D eigenvalue weighted by molar-refractivity contribution is 0.172. The fourth-order valence-electron chi connectivity index (χ4n) is 4.53. The number of fused-ring (bicyclic) bond motifs is 1. The first-order chi connectivity index (χ1) is 15.2. The third-order valence-corrected chi connectivity index (χ3v) is 6.25. The van der Waals surface area contributed by atoms with Crippen molar-refractivity contribution in [2.24, 2.45) is 4.99 Å². The van der Waals surface area contributed by atoms with Crippen molar-refractivity contribution >= 4 is 11.6 Å². The zero-order valence-corrected chi connectivity index (χ0v) is 17.8. The molecule has 1 saturated carbocycles. The normalized spacial score (nSPS) is 19.7. The summed E-state index contributed by atoms with van der Waals surface area (Å²) in [5.41, 5.74) is 2.12. The molecule has 0 atom stereocenters. The molecule has 7 nitrogen and oxygen atoms in total. The Labute approximate surface area is 183 Å². The van der Waals surface area contributed by atoms with Gasteiger partial charge in [0, 0.05) is 44.5 Å². The van der Waals surface area contributed by atoms with Gasteiger partial charge in [-0.25, -0.2) is 4.99 Å². The molecule has 2 aromatic rings. The Morgan fingerprint density at radius 2 is 1.81 bits per heavy atom. The number of anilines is 1. The molecular weight excluding hydrogens is 392 g/mol. The van der Waals surface area contributed by atoms with Crippen LogP contribution >= 0.6 is 0 Å². The van der Waals surface area contributed by atoms with Gasteiger partial charge in [0.1, 0.15) is 5.75 Å². The molecule has 0 unspecified atom stereocenters. The van der Waals surface area contributed by atoms with Crippen LogP contribution in [-0.2, 0) is 6.54 Å². The lowest BCUT2D eigenvalue weighted by Crippen LogP contribution is -2.50. The minimum atomic E-state index is 0.263. The fourth-order valence-corrected chi connectivity index (χ4v) is 4.53. The van der Waals surface area contributed by atoms with E-state index >= 15 is 0 Å². The SMILES string of the molecule is Oc1cccc(NC(=NC2CCCC2)N2CCN(Cc3ccc4c(c3)OCO4)CC2)c1. The second-order valence-corrected chi connectivity index (χ2v) is 8.52. The molecule has 2 aliphatic heterocycles. The molecule has 31 heavy (non-hydrogen) atoms. The zero-order valence-electron chi connectivity index (χ0n) is 17.8. The highest BCUT2D eigenvalue weighted by Gasteiger charge is 2.23. The van der Waals surface area contributed by atoms with Gasteiger partial charge in [-0.05, 0) is 42.7 Å². The van der Waals surface area contributed by atoms with E-state index in [1.807, 2.05) is 18.2 Å². The Morgan fingerprint density at radius 3 is 2.61 bits per heavy atom. The molecule has 2 aromatic carbocycles. The Bertz CT molecular complexity index is 934. The molecule has 7 heteroatoms. The first-order valence-electron chi connectivity index (χ1n) is 11.2. The third kappa shape index (κ3) is 4.88. The topological polar surface area (TPSA) is 69.6 Å². The lowest BCUT2D eigenvalue weighted by atomic mass is 10.1. The zero-order chi connectivity index (χ0) is 21.0. The summed E-state index contributed by atoms with van der Waals surface area (Å²) >= 11 is 0. The number of aliphatic imine (C=N–C) groups is 1. The summed E-state index contributed by atoms with van der Waals surface area (Å²) in [6.07, 6.45) is 4.85. The van der Waals surface area contributed by atoms with E-state index in [2.05, 4.69) is 27.2 Å². The van der Waals surface area contributed by atoms with Crippen molar-refractivity contribution in [3.05, 3.63) is 48.0 Å². The molecular formula is C24H30N4O3. The van der Waals surface area contributed by atoms with Crippen LogP contribution in [-0.4, -0.2) is 59.9 Å². The van der Waals surface area contributed by atoms with Gasteiger partial charge in [-0.3, -0.25) is 4.90 Å². The number of aromatic hydroxyl groups is 1. The number of nitrogens with one attached hydrogen (secondary N) is 1. The van der Waals surface area contributed by atoms with Gasteiger partial charge in [0.15, 0.2) is 17.5 Å². The van der Waals surface area contributed by atoms with E-state index in [9.17, 15) is 5.11 Å². The van der Waals surface area contributed by atoms with E-state index in [0.717, 1.165) is 68.7 Å². The summed E-state index contributed by atoms with van der Waals surface area (Å²) in [5.74, 6) is 2.87. The number of phenolic OH excluding ortho intramolecular Hbond substituents is 1. The monoisotopic (exact) mass is 422 g/mol. The van der Waals surface area contributed by atoms with Gasteiger partial charge in [-0.15, -0.1) is 0 Å². The summed E-state index contributed by atoms with van der Waals surface area (Å²) in [4.78, 5) is 9.89. The van der Waals surface area contributed by atoms with Crippen LogP contribution < -0.4 is 14.8 Å². The van der Waals surface area contributed by atoms with Gasteiger partial charge < -0.3 is 24.8 Å². The molecule has 0 aromatic heterocycles. The Kier molecular flexibility index (Phi) is 5.84. The molecule has 0 bridgehead atoms. The molecule has 1 saturated heterocycles. The van der Waals surface area contributed by atoms with Gasteiger partial charge in [0.05, 0.1) is 6.04 Å². The lowest BCUT2D eigenvalue weighted by Gasteiger charge is -2.37. The molecule has 2 N–H and O–H groups in total. The van der Waals surface area contributed by atoms with Crippen LogP contribution in [0.3, 0.4) is 0 Å². The van der Waals surface area contributed by atoms with Gasteiger partial charge in [-0.1, -0.05) is 25.0 Å². The maximum atomic E-state index is 9.84. The van der Waals surface area contributed by atoms with Crippen LogP contribution in [0.15, 0.2) is 47.5 Å². The van der Waals surface area contributed by atoms with Crippen molar-refractivity contribution in [2.45, 2.75) is 38.3 Å². The fraction of sp³-hybridized carbons (Fsp3) is 0.458. The maximum Gasteiger partial charge on any atom is 0.231 e. The number of nitrogens with zero attached hydrogens (tertiary/aromatic N) is 3. The number of piperazine rings is 1. The Balaban J connectivity index is 1.23. The number of hydrogen-bond acceptors (Lipinski definition) is 5. The van der Waals surface area contributed by atoms with Crippen LogP contribution in [0.25, 0.3) is 0 Å². The minimum Gasteiger partial charge on any atom is -0.508 e. The average molecular weight is 423 g/mol. The van der Waals surface area contributed by atoms with Crippen molar-refractivity contribution in [1.29, 1.82) is 0 Å². The van der Waals surface area contributed by atoms with Gasteiger partial charge in [0.2, 0.25) is 6.79 Å². The number of rotatable bonds is 4. The summed E-state index contributed by atoms with van der Waals surface area (Å²) in [5, 5.41) is 13.3. The molecule has 1 aliphatic carbocycles. The van der Waals surface area contributed by atoms with Gasteiger partial charge >= 0.3 is 0 Å². The second kappa shape index (κ2) is 9.06. The van der Waals surface area contributed by atoms with Gasteiger partial charge in [0.25, 0.3) is 0 Å². The quantitative estimate of drug-likeness (QED) is 0.579. The molecule has 2 fully saturated rings. The standard InChI is InChI=1S/C24H30N4O3/c29-21-7-3-6-20(15-21)26-24(25-19-4-1-2-5-19)28-12-10-27(11-13-28)16-18-8-9-22-23(14-18)31-17-30-22/h3,6-9,14-15,19,29H,1-2,4-5,10-13,16-17H2,(H,25,26). The highest BCUT2D eigenvalue weighted by molar-refractivity contribution is 5.94. The van der Waals surface area contributed by atoms with Crippen molar-refractivity contribution < 1.29 is 14.6 Å². The average Bonchev–Trinajstić information content (AvgIpc) is 3.45. The summed E-state index contributed by atoms with van der Waals surface area (Å²) in [6.45, 7) is 5.00. The summed E-state index contributed by atoms with van der Waals surface area (Å²) in [7, 11) is 0. The minimum absolute atomic E-state index is 0.263. The second-order valence-electron chi connectivity index (χ2n) is 8.52. The van der Waals surface area contributed by atoms with Gasteiger partial charge in [-0.2, -0.15) is 0 Å². The number of hydrogen-bond donors (Lipinski definition) is 2. The van der Waals surface area contributed by atoms with E-state index in [-0.39, 0.29) is 5.75 Å². The summed E-state index contributed by atoms with van der Waals surface area (Å²) in [6, 6.07) is 13.9. The first kappa shape index (κ1) is 20.0. The predicted octanol–water partition coefficient (Wildman–Crippen LogP) is 3.65. The van der Waals surface area contributed by atoms with Crippen molar-refractivity contribution in [2.75, 3.05) is 38.3 Å². The molecule has 2 heterocycles. The molecule has 164 valence electrons. The highest BCUT2D eigenvalue weighted by Crippen LogP contribution is 2.33. The van der Waals surface area contributed by atoms with E-state index in [1.165, 1.54) is 18.4 Å². The van der Waals surface area contributed by atoms with Crippen LogP contribution in [0.4, 0.5) is 5.69 Å².